The molecule has 2 amide bonds. The molecular formula is C12H18N2O2. The van der Waals surface area contributed by atoms with Crippen LogP contribution in [-0.4, -0.2) is 34.3 Å². The third kappa shape index (κ3) is 2.04. The van der Waals surface area contributed by atoms with Crippen LogP contribution in [0.1, 0.15) is 34.1 Å². The van der Waals surface area contributed by atoms with Gasteiger partial charge in [-0.05, 0) is 27.7 Å². The largest absolute Gasteiger partial charge is 0.340 e. The first-order valence-electron chi connectivity index (χ1n) is 5.39. The molecule has 4 heteroatoms. The Morgan fingerprint density at radius 3 is 2.62 bits per heavy atom. The number of amides is 2. The fourth-order valence-corrected chi connectivity index (χ4v) is 1.94. The Morgan fingerprint density at radius 1 is 1.56 bits per heavy atom. The average Bonchev–Trinajstić information content (AvgIpc) is 2.15. The lowest BCUT2D eigenvalue weighted by molar-refractivity contribution is -0.155. The fraction of sp³-hybridized carbons (Fsp3) is 0.667. The van der Waals surface area contributed by atoms with Crippen molar-refractivity contribution in [2.45, 2.75) is 51.7 Å². The van der Waals surface area contributed by atoms with Crippen molar-refractivity contribution in [1.29, 1.82) is 0 Å². The summed E-state index contributed by atoms with van der Waals surface area (Å²) in [6.07, 6.45) is 5.70. The summed E-state index contributed by atoms with van der Waals surface area (Å²) in [5, 5.41) is 2.70. The minimum Gasteiger partial charge on any atom is -0.340 e. The minimum absolute atomic E-state index is 0.0812. The van der Waals surface area contributed by atoms with E-state index in [1.54, 1.807) is 25.7 Å². The number of terminal acetylenes is 1. The molecule has 0 aliphatic carbocycles. The molecule has 1 heterocycles. The highest BCUT2D eigenvalue weighted by Crippen LogP contribution is 2.21. The molecule has 0 spiro atoms. The van der Waals surface area contributed by atoms with Gasteiger partial charge in [-0.3, -0.25) is 9.59 Å². The van der Waals surface area contributed by atoms with E-state index >= 15 is 0 Å². The molecule has 1 fully saturated rings. The molecule has 88 valence electrons. The third-order valence-corrected chi connectivity index (χ3v) is 2.89. The Hall–Kier alpha value is -1.50. The van der Waals surface area contributed by atoms with Crippen molar-refractivity contribution in [1.82, 2.24) is 10.2 Å². The van der Waals surface area contributed by atoms with Crippen molar-refractivity contribution in [3.8, 4) is 12.3 Å². The van der Waals surface area contributed by atoms with Crippen molar-refractivity contribution in [2.24, 2.45) is 0 Å². The summed E-state index contributed by atoms with van der Waals surface area (Å²) in [6, 6.07) is -0.568. The van der Waals surface area contributed by atoms with Crippen molar-refractivity contribution in [2.75, 3.05) is 0 Å². The van der Waals surface area contributed by atoms with Crippen LogP contribution in [0.4, 0.5) is 0 Å². The standard InChI is InChI=1S/C12H18N2O2/c1-6-7-8(2)14-9(3)10(15)13-12(4,5)11(14)16/h1,8-9H,7H2,2-5H3,(H,13,15). The van der Waals surface area contributed by atoms with E-state index < -0.39 is 11.6 Å². The molecule has 2 atom stereocenters. The quantitative estimate of drug-likeness (QED) is 0.693. The molecule has 1 N–H and O–H groups in total. The Balaban J connectivity index is 3.00. The van der Waals surface area contributed by atoms with Gasteiger partial charge in [-0.1, -0.05) is 0 Å². The topological polar surface area (TPSA) is 49.4 Å². The molecule has 0 aromatic carbocycles. The minimum atomic E-state index is -0.841. The Labute approximate surface area is 96.4 Å². The van der Waals surface area contributed by atoms with Gasteiger partial charge in [0.25, 0.3) is 0 Å². The smallest absolute Gasteiger partial charge is 0.248 e. The third-order valence-electron chi connectivity index (χ3n) is 2.89. The summed E-state index contributed by atoms with van der Waals surface area (Å²) < 4.78 is 0. The molecule has 1 aliphatic rings. The normalized spacial score (nSPS) is 25.9. The SMILES string of the molecule is C#CCC(C)N1C(=O)C(C)(C)NC(=O)C1C. The number of piperazine rings is 1. The van der Waals surface area contributed by atoms with Gasteiger partial charge in [0.05, 0.1) is 0 Å². The molecule has 0 radical (unpaired) electrons. The molecule has 0 aromatic rings. The molecule has 0 aromatic heterocycles. The van der Waals surface area contributed by atoms with E-state index in [-0.39, 0.29) is 17.9 Å². The van der Waals surface area contributed by atoms with E-state index in [1.807, 2.05) is 6.92 Å². The van der Waals surface area contributed by atoms with Gasteiger partial charge in [0.2, 0.25) is 11.8 Å². The molecule has 2 unspecified atom stereocenters. The van der Waals surface area contributed by atoms with Gasteiger partial charge < -0.3 is 10.2 Å². The van der Waals surface area contributed by atoms with Gasteiger partial charge in [-0.15, -0.1) is 12.3 Å². The molecule has 1 rings (SSSR count). The second-order valence-corrected chi connectivity index (χ2v) is 4.76. The maximum atomic E-state index is 12.2. The maximum Gasteiger partial charge on any atom is 0.248 e. The number of carbonyl (C=O) groups excluding carboxylic acids is 2. The summed E-state index contributed by atoms with van der Waals surface area (Å²) in [5.41, 5.74) is -0.841. The van der Waals surface area contributed by atoms with Gasteiger partial charge in [0.15, 0.2) is 0 Å². The molecule has 1 saturated heterocycles. The highest BCUT2D eigenvalue weighted by atomic mass is 16.2. The number of nitrogens with zero attached hydrogens (tertiary/aromatic N) is 1. The van der Waals surface area contributed by atoms with Crippen molar-refractivity contribution >= 4 is 11.8 Å². The summed E-state index contributed by atoms with van der Waals surface area (Å²) >= 11 is 0. The number of rotatable bonds is 2. The lowest BCUT2D eigenvalue weighted by Crippen LogP contribution is -2.68. The van der Waals surface area contributed by atoms with Crippen LogP contribution < -0.4 is 5.32 Å². The van der Waals surface area contributed by atoms with Crippen LogP contribution in [0, 0.1) is 12.3 Å². The first kappa shape index (κ1) is 12.6. The summed E-state index contributed by atoms with van der Waals surface area (Å²) in [4.78, 5) is 25.5. The van der Waals surface area contributed by atoms with Crippen molar-refractivity contribution in [3.05, 3.63) is 0 Å². The zero-order valence-electron chi connectivity index (χ0n) is 10.2. The van der Waals surface area contributed by atoms with E-state index in [0.717, 1.165) is 0 Å². The lowest BCUT2D eigenvalue weighted by Gasteiger charge is -2.44. The number of nitrogens with one attached hydrogen (secondary N) is 1. The van der Waals surface area contributed by atoms with Crippen LogP contribution in [0.3, 0.4) is 0 Å². The van der Waals surface area contributed by atoms with Crippen molar-refractivity contribution < 1.29 is 9.59 Å². The number of carbonyl (C=O) groups is 2. The first-order valence-corrected chi connectivity index (χ1v) is 5.39. The van der Waals surface area contributed by atoms with Crippen LogP contribution >= 0.6 is 0 Å². The summed E-state index contributed by atoms with van der Waals surface area (Å²) in [7, 11) is 0. The van der Waals surface area contributed by atoms with Crippen molar-refractivity contribution in [3.63, 3.8) is 0 Å². The molecular weight excluding hydrogens is 204 g/mol. The fourth-order valence-electron chi connectivity index (χ4n) is 1.94. The van der Waals surface area contributed by atoms with Gasteiger partial charge >= 0.3 is 0 Å². The molecule has 0 saturated carbocycles. The zero-order valence-corrected chi connectivity index (χ0v) is 10.2. The Bertz CT molecular complexity index is 355. The summed E-state index contributed by atoms with van der Waals surface area (Å²) in [6.45, 7) is 6.99. The highest BCUT2D eigenvalue weighted by Gasteiger charge is 2.44. The van der Waals surface area contributed by atoms with Gasteiger partial charge in [0, 0.05) is 12.5 Å². The van der Waals surface area contributed by atoms with E-state index in [0.29, 0.717) is 6.42 Å². The van der Waals surface area contributed by atoms with E-state index in [4.69, 9.17) is 6.42 Å². The predicted octanol–water partition coefficient (Wildman–Crippen LogP) is 0.524. The van der Waals surface area contributed by atoms with E-state index in [9.17, 15) is 9.59 Å². The first-order chi connectivity index (χ1) is 7.31. The maximum absolute atomic E-state index is 12.2. The van der Waals surface area contributed by atoms with Gasteiger partial charge in [-0.2, -0.15) is 0 Å². The Kier molecular flexibility index (Phi) is 3.27. The zero-order chi connectivity index (χ0) is 12.5. The van der Waals surface area contributed by atoms with Crippen LogP contribution in [0.2, 0.25) is 0 Å². The number of hydrogen-bond acceptors (Lipinski definition) is 2. The predicted molar refractivity (Wildman–Crippen MR) is 61.4 cm³/mol. The molecule has 16 heavy (non-hydrogen) atoms. The van der Waals surface area contributed by atoms with Gasteiger partial charge in [0.1, 0.15) is 11.6 Å². The highest BCUT2D eigenvalue weighted by molar-refractivity contribution is 5.99. The van der Waals surface area contributed by atoms with E-state index in [2.05, 4.69) is 11.2 Å². The second kappa shape index (κ2) is 4.17. The molecule has 1 aliphatic heterocycles. The summed E-state index contributed by atoms with van der Waals surface area (Å²) in [5.74, 6) is 2.31. The molecule has 4 nitrogen and oxygen atoms in total. The Morgan fingerprint density at radius 2 is 2.12 bits per heavy atom. The molecule has 0 bridgehead atoms. The van der Waals surface area contributed by atoms with Gasteiger partial charge in [-0.25, -0.2) is 0 Å². The van der Waals surface area contributed by atoms with E-state index in [1.165, 1.54) is 0 Å². The van der Waals surface area contributed by atoms with Crippen LogP contribution in [0.15, 0.2) is 0 Å². The van der Waals surface area contributed by atoms with Crippen LogP contribution in [0.25, 0.3) is 0 Å². The second-order valence-electron chi connectivity index (χ2n) is 4.76. The van der Waals surface area contributed by atoms with Crippen LogP contribution in [-0.2, 0) is 9.59 Å². The monoisotopic (exact) mass is 222 g/mol. The number of hydrogen-bond donors (Lipinski definition) is 1. The van der Waals surface area contributed by atoms with Crippen LogP contribution in [0.5, 0.6) is 0 Å². The lowest BCUT2D eigenvalue weighted by atomic mass is 9.95. The average molecular weight is 222 g/mol.